The first-order chi connectivity index (χ1) is 17.0. The van der Waals surface area contributed by atoms with Crippen LogP contribution in [0.25, 0.3) is 6.08 Å². The van der Waals surface area contributed by atoms with Crippen LogP contribution in [-0.4, -0.2) is 38.2 Å². The van der Waals surface area contributed by atoms with Crippen LogP contribution in [0, 0.1) is 12.7 Å². The van der Waals surface area contributed by atoms with Crippen LogP contribution < -0.4 is 18.9 Å². The van der Waals surface area contributed by atoms with Crippen molar-refractivity contribution >= 4 is 11.9 Å². The fourth-order valence-corrected chi connectivity index (χ4v) is 4.49. The smallest absolute Gasteiger partial charge is 0.232 e. The number of allylic oxidation sites excluding steroid dienone is 1. The number of aryl methyl sites for hydroxylation is 1. The van der Waals surface area contributed by atoms with Gasteiger partial charge in [0.15, 0.2) is 17.3 Å². The number of nitrogens with zero attached hydrogens (tertiary/aromatic N) is 1. The Morgan fingerprint density at radius 3 is 2.69 bits per heavy atom. The van der Waals surface area contributed by atoms with Crippen molar-refractivity contribution in [3.63, 3.8) is 0 Å². The van der Waals surface area contributed by atoms with Gasteiger partial charge in [-0.25, -0.2) is 4.39 Å². The molecule has 3 aromatic rings. The third-order valence-electron chi connectivity index (χ3n) is 6.30. The summed E-state index contributed by atoms with van der Waals surface area (Å²) in [7, 11) is 3.24. The van der Waals surface area contributed by atoms with Crippen LogP contribution in [0.5, 0.6) is 23.0 Å². The zero-order chi connectivity index (χ0) is 24.5. The quantitative estimate of drug-likeness (QED) is 0.459. The van der Waals surface area contributed by atoms with E-state index < -0.39 is 0 Å². The second-order valence-electron chi connectivity index (χ2n) is 8.63. The summed E-state index contributed by atoms with van der Waals surface area (Å²) in [4.78, 5) is 15.3. The average molecular weight is 476 g/mol. The molecule has 0 unspecified atom stereocenters. The first-order valence-corrected chi connectivity index (χ1v) is 11.4. The molecule has 0 fully saturated rings. The minimum Gasteiger partial charge on any atom is -0.493 e. The molecule has 0 amide bonds. The van der Waals surface area contributed by atoms with Crippen molar-refractivity contribution in [3.05, 3.63) is 87.9 Å². The maximum atomic E-state index is 13.6. The molecular formula is C28H26FNO5. The monoisotopic (exact) mass is 475 g/mol. The molecule has 0 aromatic heterocycles. The summed E-state index contributed by atoms with van der Waals surface area (Å²) in [6.07, 6.45) is 2.37. The van der Waals surface area contributed by atoms with Crippen molar-refractivity contribution < 1.29 is 28.1 Å². The van der Waals surface area contributed by atoms with E-state index in [0.29, 0.717) is 41.7 Å². The molecule has 0 bridgehead atoms. The van der Waals surface area contributed by atoms with E-state index in [1.807, 2.05) is 31.2 Å². The van der Waals surface area contributed by atoms with Crippen LogP contribution >= 0.6 is 0 Å². The molecule has 3 aromatic carbocycles. The molecule has 2 aliphatic rings. The number of carbonyl (C=O) groups excluding carboxylic acids is 1. The maximum Gasteiger partial charge on any atom is 0.232 e. The Hall–Kier alpha value is -3.84. The number of ketones is 1. The highest BCUT2D eigenvalue weighted by atomic mass is 19.1. The Morgan fingerprint density at radius 1 is 1.09 bits per heavy atom. The zero-order valence-corrected chi connectivity index (χ0v) is 19.9. The number of rotatable bonds is 6. The zero-order valence-electron chi connectivity index (χ0n) is 19.9. The molecule has 6 nitrogen and oxygen atoms in total. The average Bonchev–Trinajstić information content (AvgIpc) is 3.19. The van der Waals surface area contributed by atoms with Gasteiger partial charge in [0.25, 0.3) is 0 Å². The molecule has 180 valence electrons. The number of ether oxygens (including phenoxy) is 4. The minimum atomic E-state index is -0.366. The number of methoxy groups -OCH3 is 2. The highest BCUT2D eigenvalue weighted by molar-refractivity contribution is 6.15. The molecule has 0 spiro atoms. The number of hydrogen-bond donors (Lipinski definition) is 0. The molecule has 2 aliphatic heterocycles. The lowest BCUT2D eigenvalue weighted by molar-refractivity contribution is 0.0949. The molecular weight excluding hydrogens is 449 g/mol. The van der Waals surface area contributed by atoms with Crippen LogP contribution in [0.3, 0.4) is 0 Å². The van der Waals surface area contributed by atoms with Gasteiger partial charge in [-0.2, -0.15) is 0 Å². The number of fused-ring (bicyclic) bond motifs is 3. The Bertz CT molecular complexity index is 1330. The van der Waals surface area contributed by atoms with Gasteiger partial charge in [-0.1, -0.05) is 18.2 Å². The lowest BCUT2D eigenvalue weighted by atomic mass is 9.98. The minimum absolute atomic E-state index is 0.185. The van der Waals surface area contributed by atoms with Gasteiger partial charge in [0, 0.05) is 13.1 Å². The standard InChI is InChI=1S/C28H26FNO5/c1-17-11-23-21(28-26(17)27(31)25(35-28)14-19-5-4-6-20(29)12-19)15-30(16-34-23)10-9-18-7-8-22(32-2)24(13-18)33-3/h4-8,11-14H,9-10,15-16H2,1-3H3/b25-14+. The summed E-state index contributed by atoms with van der Waals surface area (Å²) in [5, 5.41) is 0. The van der Waals surface area contributed by atoms with Crippen molar-refractivity contribution in [1.82, 2.24) is 4.90 Å². The molecule has 0 N–H and O–H groups in total. The second-order valence-corrected chi connectivity index (χ2v) is 8.63. The number of Topliss-reactive ketones (excluding diaryl/α,β-unsaturated/α-hetero) is 1. The molecule has 0 saturated heterocycles. The molecule has 0 atom stereocenters. The van der Waals surface area contributed by atoms with Gasteiger partial charge in [-0.05, 0) is 66.4 Å². The molecule has 0 aliphatic carbocycles. The molecule has 7 heteroatoms. The summed E-state index contributed by atoms with van der Waals surface area (Å²) in [6.45, 7) is 3.65. The van der Waals surface area contributed by atoms with E-state index in [1.54, 1.807) is 32.4 Å². The highest BCUT2D eigenvalue weighted by Crippen LogP contribution is 2.44. The van der Waals surface area contributed by atoms with E-state index >= 15 is 0 Å². The van der Waals surface area contributed by atoms with Gasteiger partial charge in [0.2, 0.25) is 5.78 Å². The second kappa shape index (κ2) is 9.43. The van der Waals surface area contributed by atoms with Crippen molar-refractivity contribution in [3.8, 4) is 23.0 Å². The molecule has 0 radical (unpaired) electrons. The summed E-state index contributed by atoms with van der Waals surface area (Å²) in [5.74, 6) is 2.27. The van der Waals surface area contributed by atoms with Gasteiger partial charge in [-0.15, -0.1) is 0 Å². The number of halogens is 1. The first-order valence-electron chi connectivity index (χ1n) is 11.4. The van der Waals surface area contributed by atoms with Crippen molar-refractivity contribution in [2.24, 2.45) is 0 Å². The van der Waals surface area contributed by atoms with Crippen molar-refractivity contribution in [2.75, 3.05) is 27.5 Å². The van der Waals surface area contributed by atoms with Crippen LogP contribution in [-0.2, 0) is 13.0 Å². The van der Waals surface area contributed by atoms with Crippen molar-refractivity contribution in [2.45, 2.75) is 19.9 Å². The SMILES string of the molecule is COc1ccc(CCN2COc3cc(C)c4c(c3C2)O/C(=C/c2cccc(F)c2)C4=O)cc1OC. The third-order valence-corrected chi connectivity index (χ3v) is 6.30. The number of hydrogen-bond acceptors (Lipinski definition) is 6. The number of carbonyl (C=O) groups is 1. The Kier molecular flexibility index (Phi) is 6.17. The van der Waals surface area contributed by atoms with E-state index in [0.717, 1.165) is 35.4 Å². The Balaban J connectivity index is 1.36. The van der Waals surface area contributed by atoms with Crippen LogP contribution in [0.1, 0.15) is 32.6 Å². The van der Waals surface area contributed by atoms with Crippen LogP contribution in [0.4, 0.5) is 4.39 Å². The Morgan fingerprint density at radius 2 is 1.91 bits per heavy atom. The van der Waals surface area contributed by atoms with Crippen LogP contribution in [0.15, 0.2) is 54.3 Å². The fraction of sp³-hybridized carbons (Fsp3) is 0.250. The predicted octanol–water partition coefficient (Wildman–Crippen LogP) is 5.16. The lowest BCUT2D eigenvalue weighted by Gasteiger charge is -2.30. The van der Waals surface area contributed by atoms with Crippen LogP contribution in [0.2, 0.25) is 0 Å². The normalized spacial score (nSPS) is 15.9. The molecule has 35 heavy (non-hydrogen) atoms. The van der Waals surface area contributed by atoms with E-state index in [-0.39, 0.29) is 17.4 Å². The number of benzene rings is 3. The summed E-state index contributed by atoms with van der Waals surface area (Å²) in [6, 6.07) is 13.9. The van der Waals surface area contributed by atoms with Crippen molar-refractivity contribution in [1.29, 1.82) is 0 Å². The lowest BCUT2D eigenvalue weighted by Crippen LogP contribution is -2.34. The third kappa shape index (κ3) is 4.47. The van der Waals surface area contributed by atoms with E-state index in [4.69, 9.17) is 18.9 Å². The van der Waals surface area contributed by atoms with Gasteiger partial charge < -0.3 is 18.9 Å². The van der Waals surface area contributed by atoms with Gasteiger partial charge >= 0.3 is 0 Å². The summed E-state index contributed by atoms with van der Waals surface area (Å²) < 4.78 is 36.4. The summed E-state index contributed by atoms with van der Waals surface area (Å²) >= 11 is 0. The highest BCUT2D eigenvalue weighted by Gasteiger charge is 2.35. The van der Waals surface area contributed by atoms with E-state index in [2.05, 4.69) is 4.90 Å². The van der Waals surface area contributed by atoms with E-state index in [9.17, 15) is 9.18 Å². The maximum absolute atomic E-state index is 13.6. The summed E-state index contributed by atoms with van der Waals surface area (Å²) in [5.41, 5.74) is 3.87. The van der Waals surface area contributed by atoms with Gasteiger partial charge in [0.05, 0.1) is 25.3 Å². The first kappa shape index (κ1) is 22.9. The topological polar surface area (TPSA) is 57.2 Å². The molecule has 0 saturated carbocycles. The largest absolute Gasteiger partial charge is 0.493 e. The molecule has 5 rings (SSSR count). The van der Waals surface area contributed by atoms with Gasteiger partial charge in [-0.3, -0.25) is 9.69 Å². The van der Waals surface area contributed by atoms with Gasteiger partial charge in [0.1, 0.15) is 24.0 Å². The Labute approximate surface area is 203 Å². The van der Waals surface area contributed by atoms with E-state index in [1.165, 1.54) is 12.1 Å². The predicted molar refractivity (Wildman–Crippen MR) is 130 cm³/mol. The molecule has 2 heterocycles. The fourth-order valence-electron chi connectivity index (χ4n) is 4.49.